The molecule has 0 N–H and O–H groups in total. The number of carbonyl (C=O) groups is 2. The highest BCUT2D eigenvalue weighted by Crippen LogP contribution is 2.20. The number of hydrogen-bond donors (Lipinski definition) is 0. The van der Waals surface area contributed by atoms with Gasteiger partial charge in [0.2, 0.25) is 5.91 Å². The number of benzene rings is 2. The molecule has 1 fully saturated rings. The molecule has 0 aliphatic carbocycles. The first-order chi connectivity index (χ1) is 17.4. The molecule has 1 aliphatic heterocycles. The summed E-state index contributed by atoms with van der Waals surface area (Å²) in [7, 11) is 0. The molecular formula is C28H31F2N3O2S. The van der Waals surface area contributed by atoms with Gasteiger partial charge in [-0.1, -0.05) is 24.3 Å². The largest absolute Gasteiger partial charge is 0.332 e. The van der Waals surface area contributed by atoms with Gasteiger partial charge < -0.3 is 14.7 Å². The van der Waals surface area contributed by atoms with E-state index < -0.39 is 11.7 Å². The normalized spacial score (nSPS) is 13.6. The van der Waals surface area contributed by atoms with Crippen LogP contribution in [0.5, 0.6) is 0 Å². The molecule has 0 radical (unpaired) electrons. The molecule has 0 atom stereocenters. The van der Waals surface area contributed by atoms with Crippen LogP contribution in [0.25, 0.3) is 0 Å². The Hall–Kier alpha value is -3.10. The molecule has 1 aliphatic rings. The van der Waals surface area contributed by atoms with Crippen molar-refractivity contribution in [1.29, 1.82) is 0 Å². The van der Waals surface area contributed by atoms with Gasteiger partial charge in [-0.2, -0.15) is 0 Å². The molecule has 2 heterocycles. The van der Waals surface area contributed by atoms with Gasteiger partial charge >= 0.3 is 0 Å². The summed E-state index contributed by atoms with van der Waals surface area (Å²) < 4.78 is 27.9. The lowest BCUT2D eigenvalue weighted by atomic mass is 10.1. The van der Waals surface area contributed by atoms with Gasteiger partial charge in [0.15, 0.2) is 0 Å². The predicted molar refractivity (Wildman–Crippen MR) is 138 cm³/mol. The van der Waals surface area contributed by atoms with Crippen LogP contribution in [0.15, 0.2) is 60.0 Å². The van der Waals surface area contributed by atoms with Gasteiger partial charge in [-0.3, -0.25) is 9.59 Å². The Labute approximate surface area is 214 Å². The Morgan fingerprint density at radius 2 is 1.67 bits per heavy atom. The molecule has 0 unspecified atom stereocenters. The molecule has 8 heteroatoms. The van der Waals surface area contributed by atoms with E-state index in [2.05, 4.69) is 4.90 Å². The summed E-state index contributed by atoms with van der Waals surface area (Å²) in [6, 6.07) is 13.9. The Bertz CT molecular complexity index is 1180. The van der Waals surface area contributed by atoms with E-state index in [1.807, 2.05) is 18.4 Å². The predicted octanol–water partition coefficient (Wildman–Crippen LogP) is 5.10. The van der Waals surface area contributed by atoms with Crippen molar-refractivity contribution in [2.24, 2.45) is 0 Å². The highest BCUT2D eigenvalue weighted by atomic mass is 32.1. The first-order valence-electron chi connectivity index (χ1n) is 12.2. The molecule has 1 saturated heterocycles. The number of aryl methyl sites for hydroxylation is 1. The Morgan fingerprint density at radius 1 is 0.944 bits per heavy atom. The van der Waals surface area contributed by atoms with E-state index in [-0.39, 0.29) is 30.4 Å². The van der Waals surface area contributed by atoms with Crippen molar-refractivity contribution >= 4 is 23.2 Å². The number of hydrogen-bond acceptors (Lipinski definition) is 4. The number of thiophene rings is 1. The minimum absolute atomic E-state index is 0.0362. The number of rotatable bonds is 10. The van der Waals surface area contributed by atoms with Gasteiger partial charge in [-0.15, -0.1) is 11.3 Å². The minimum Gasteiger partial charge on any atom is -0.332 e. The van der Waals surface area contributed by atoms with Gasteiger partial charge in [0.1, 0.15) is 18.2 Å². The third-order valence-electron chi connectivity index (χ3n) is 6.54. The van der Waals surface area contributed by atoms with Crippen molar-refractivity contribution in [3.8, 4) is 0 Å². The van der Waals surface area contributed by atoms with Crippen LogP contribution in [0.1, 0.15) is 39.2 Å². The zero-order valence-corrected chi connectivity index (χ0v) is 21.3. The van der Waals surface area contributed by atoms with Crippen molar-refractivity contribution in [2.75, 3.05) is 32.7 Å². The molecule has 36 heavy (non-hydrogen) atoms. The Balaban J connectivity index is 1.55. The summed E-state index contributed by atoms with van der Waals surface area (Å²) in [5.41, 5.74) is 1.85. The molecule has 3 aromatic rings. The molecule has 1 aromatic heterocycles. The van der Waals surface area contributed by atoms with Crippen LogP contribution in [-0.4, -0.2) is 59.2 Å². The van der Waals surface area contributed by atoms with Crippen LogP contribution in [0.4, 0.5) is 8.78 Å². The number of nitrogens with zero attached hydrogens (tertiary/aromatic N) is 3. The average Bonchev–Trinajstić information content (AvgIpc) is 3.54. The maximum Gasteiger partial charge on any atom is 0.257 e. The summed E-state index contributed by atoms with van der Waals surface area (Å²) in [6.07, 6.45) is 2.23. The standard InChI is InChI=1S/C28H31F2N3O2S/c1-21-12-17-36-26(21)19-33(18-22-8-10-23(29)11-9-22)27(34)20-32(16-15-31-13-4-5-14-31)28(35)24-6-2-3-7-25(24)30/h2-3,6-12,17H,4-5,13-16,18-20H2,1H3. The molecule has 2 amide bonds. The molecule has 5 nitrogen and oxygen atoms in total. The van der Waals surface area contributed by atoms with Crippen molar-refractivity contribution in [2.45, 2.75) is 32.9 Å². The molecular weight excluding hydrogens is 480 g/mol. The summed E-state index contributed by atoms with van der Waals surface area (Å²) in [6.45, 7) is 5.39. The second-order valence-electron chi connectivity index (χ2n) is 9.16. The van der Waals surface area contributed by atoms with Crippen molar-refractivity contribution in [3.63, 3.8) is 0 Å². The van der Waals surface area contributed by atoms with Crippen molar-refractivity contribution in [3.05, 3.63) is 93.2 Å². The lowest BCUT2D eigenvalue weighted by molar-refractivity contribution is -0.133. The van der Waals surface area contributed by atoms with Gasteiger partial charge in [0.25, 0.3) is 5.91 Å². The molecule has 2 aromatic carbocycles. The Morgan fingerprint density at radius 3 is 2.33 bits per heavy atom. The van der Waals surface area contributed by atoms with Gasteiger partial charge in [0, 0.05) is 24.5 Å². The van der Waals surface area contributed by atoms with E-state index in [4.69, 9.17) is 0 Å². The van der Waals surface area contributed by atoms with Gasteiger partial charge in [0.05, 0.1) is 12.1 Å². The van der Waals surface area contributed by atoms with E-state index in [1.165, 1.54) is 29.2 Å². The quantitative estimate of drug-likeness (QED) is 0.380. The smallest absolute Gasteiger partial charge is 0.257 e. The first-order valence-corrected chi connectivity index (χ1v) is 13.1. The lowest BCUT2D eigenvalue weighted by Gasteiger charge is -2.29. The summed E-state index contributed by atoms with van der Waals surface area (Å²) in [5, 5.41) is 1.98. The average molecular weight is 512 g/mol. The minimum atomic E-state index is -0.599. The number of carbonyl (C=O) groups excluding carboxylic acids is 2. The van der Waals surface area contributed by atoms with E-state index in [0.29, 0.717) is 19.6 Å². The van der Waals surface area contributed by atoms with E-state index in [9.17, 15) is 18.4 Å². The molecule has 190 valence electrons. The first kappa shape index (κ1) is 26.0. The monoisotopic (exact) mass is 511 g/mol. The van der Waals surface area contributed by atoms with Crippen molar-refractivity contribution < 1.29 is 18.4 Å². The van der Waals surface area contributed by atoms with Crippen LogP contribution in [0.3, 0.4) is 0 Å². The highest BCUT2D eigenvalue weighted by molar-refractivity contribution is 7.10. The topological polar surface area (TPSA) is 43.9 Å². The fourth-order valence-electron chi connectivity index (χ4n) is 4.37. The van der Waals surface area contributed by atoms with Crippen LogP contribution in [0, 0.1) is 18.6 Å². The second kappa shape index (κ2) is 12.2. The second-order valence-corrected chi connectivity index (χ2v) is 10.2. The van der Waals surface area contributed by atoms with Crippen molar-refractivity contribution in [1.82, 2.24) is 14.7 Å². The number of amides is 2. The number of halogens is 2. The van der Waals surface area contributed by atoms with Gasteiger partial charge in [-0.05, 0) is 79.7 Å². The maximum absolute atomic E-state index is 14.5. The SMILES string of the molecule is Cc1ccsc1CN(Cc1ccc(F)cc1)C(=O)CN(CCN1CCCC1)C(=O)c1ccccc1F. The fraction of sp³-hybridized carbons (Fsp3) is 0.357. The molecule has 0 saturated carbocycles. The zero-order valence-electron chi connectivity index (χ0n) is 20.5. The molecule has 4 rings (SSSR count). The van der Waals surface area contributed by atoms with E-state index in [0.717, 1.165) is 41.9 Å². The summed E-state index contributed by atoms with van der Waals surface area (Å²) >= 11 is 1.57. The molecule has 0 spiro atoms. The zero-order chi connectivity index (χ0) is 25.5. The van der Waals surface area contributed by atoms with Crippen LogP contribution >= 0.6 is 11.3 Å². The van der Waals surface area contributed by atoms with Crippen LogP contribution < -0.4 is 0 Å². The van der Waals surface area contributed by atoms with Crippen LogP contribution in [0.2, 0.25) is 0 Å². The van der Waals surface area contributed by atoms with E-state index >= 15 is 0 Å². The third-order valence-corrected chi connectivity index (χ3v) is 7.55. The van der Waals surface area contributed by atoms with E-state index in [1.54, 1.807) is 40.5 Å². The van der Waals surface area contributed by atoms with Crippen LogP contribution in [-0.2, 0) is 17.9 Å². The highest BCUT2D eigenvalue weighted by Gasteiger charge is 2.26. The van der Waals surface area contributed by atoms with Gasteiger partial charge in [-0.25, -0.2) is 8.78 Å². The fourth-order valence-corrected chi connectivity index (χ4v) is 5.29. The summed E-state index contributed by atoms with van der Waals surface area (Å²) in [4.78, 5) is 33.4. The molecule has 0 bridgehead atoms. The number of likely N-dealkylation sites (tertiary alicyclic amines) is 1. The maximum atomic E-state index is 14.5. The third kappa shape index (κ3) is 6.77. The Kier molecular flexibility index (Phi) is 8.83. The lowest BCUT2D eigenvalue weighted by Crippen LogP contribution is -2.45. The summed E-state index contributed by atoms with van der Waals surface area (Å²) in [5.74, 6) is -1.67.